The summed E-state index contributed by atoms with van der Waals surface area (Å²) in [6.45, 7) is 3.71. The fourth-order valence-electron chi connectivity index (χ4n) is 2.27. The molecule has 0 saturated carbocycles. The molecule has 3 atom stereocenters. The smallest absolute Gasteiger partial charge is 0.0898 e. The number of allylic oxidation sites excluding steroid dienone is 1. The molecule has 1 fully saturated rings. The van der Waals surface area contributed by atoms with Crippen LogP contribution >= 0.6 is 0 Å². The SMILES string of the molecule is C=C[C@H]1C[C@@H](O)C[C@@]2(C=CCC2)O1. The molecule has 1 saturated heterocycles. The number of hydrogen-bond donors (Lipinski definition) is 1. The van der Waals surface area contributed by atoms with Gasteiger partial charge in [-0.05, 0) is 12.8 Å². The molecular weight excluding hydrogens is 164 g/mol. The number of aliphatic hydroxyl groups excluding tert-OH is 1. The van der Waals surface area contributed by atoms with Gasteiger partial charge in [0.25, 0.3) is 0 Å². The van der Waals surface area contributed by atoms with Crippen LogP contribution in [-0.2, 0) is 4.74 Å². The minimum atomic E-state index is -0.237. The molecule has 0 aromatic rings. The molecule has 0 amide bonds. The van der Waals surface area contributed by atoms with E-state index in [9.17, 15) is 5.11 Å². The van der Waals surface area contributed by atoms with Gasteiger partial charge in [0, 0.05) is 12.8 Å². The highest BCUT2D eigenvalue weighted by Crippen LogP contribution is 2.37. The van der Waals surface area contributed by atoms with Crippen molar-refractivity contribution in [2.24, 2.45) is 0 Å². The Kier molecular flexibility index (Phi) is 2.26. The predicted octanol–water partition coefficient (Wildman–Crippen LogP) is 1.80. The lowest BCUT2D eigenvalue weighted by Crippen LogP contribution is -2.42. The van der Waals surface area contributed by atoms with Gasteiger partial charge in [-0.1, -0.05) is 18.2 Å². The summed E-state index contributed by atoms with van der Waals surface area (Å²) in [5.41, 5.74) is -0.184. The Morgan fingerprint density at radius 1 is 1.62 bits per heavy atom. The number of ether oxygens (including phenoxy) is 1. The van der Waals surface area contributed by atoms with Gasteiger partial charge in [-0.2, -0.15) is 0 Å². The molecular formula is C11H16O2. The first-order valence-electron chi connectivity index (χ1n) is 4.90. The van der Waals surface area contributed by atoms with E-state index < -0.39 is 0 Å². The summed E-state index contributed by atoms with van der Waals surface area (Å²) in [7, 11) is 0. The van der Waals surface area contributed by atoms with E-state index in [2.05, 4.69) is 18.7 Å². The van der Waals surface area contributed by atoms with E-state index in [4.69, 9.17) is 4.74 Å². The first kappa shape index (κ1) is 8.97. The van der Waals surface area contributed by atoms with E-state index in [0.29, 0.717) is 6.42 Å². The zero-order valence-electron chi connectivity index (χ0n) is 7.78. The van der Waals surface area contributed by atoms with Gasteiger partial charge in [0.2, 0.25) is 0 Å². The monoisotopic (exact) mass is 180 g/mol. The molecule has 1 aliphatic carbocycles. The maximum Gasteiger partial charge on any atom is 0.0898 e. The number of hydrogen-bond acceptors (Lipinski definition) is 2. The molecule has 1 spiro atoms. The third-order valence-electron chi connectivity index (χ3n) is 2.89. The zero-order chi connectivity index (χ0) is 9.31. The standard InChI is InChI=1S/C11H16O2/c1-2-10-7-9(12)8-11(13-10)5-3-4-6-11/h2-3,5,9-10,12H,1,4,6-8H2/t9-,10+,11+/m1/s1. The van der Waals surface area contributed by atoms with Crippen molar-refractivity contribution in [3.05, 3.63) is 24.8 Å². The molecule has 1 aliphatic heterocycles. The molecule has 2 nitrogen and oxygen atoms in total. The van der Waals surface area contributed by atoms with Gasteiger partial charge in [0.1, 0.15) is 0 Å². The van der Waals surface area contributed by atoms with Gasteiger partial charge in [0.15, 0.2) is 0 Å². The number of aliphatic hydroxyl groups is 1. The normalized spacial score (nSPS) is 44.1. The van der Waals surface area contributed by atoms with Crippen LogP contribution in [0.15, 0.2) is 24.8 Å². The van der Waals surface area contributed by atoms with Crippen molar-refractivity contribution < 1.29 is 9.84 Å². The van der Waals surface area contributed by atoms with Crippen LogP contribution in [-0.4, -0.2) is 22.9 Å². The van der Waals surface area contributed by atoms with E-state index in [0.717, 1.165) is 19.3 Å². The second-order valence-corrected chi connectivity index (χ2v) is 3.99. The Morgan fingerprint density at radius 3 is 3.08 bits per heavy atom. The van der Waals surface area contributed by atoms with E-state index in [1.807, 2.05) is 0 Å². The highest BCUT2D eigenvalue weighted by atomic mass is 16.5. The van der Waals surface area contributed by atoms with Crippen molar-refractivity contribution in [3.8, 4) is 0 Å². The molecule has 0 aromatic heterocycles. The van der Waals surface area contributed by atoms with Gasteiger partial charge in [-0.3, -0.25) is 0 Å². The highest BCUT2D eigenvalue weighted by molar-refractivity contribution is 5.13. The van der Waals surface area contributed by atoms with Crippen molar-refractivity contribution in [1.82, 2.24) is 0 Å². The Labute approximate surface area is 78.9 Å². The molecule has 2 aliphatic rings. The van der Waals surface area contributed by atoms with Gasteiger partial charge in [-0.25, -0.2) is 0 Å². The highest BCUT2D eigenvalue weighted by Gasteiger charge is 2.39. The van der Waals surface area contributed by atoms with Crippen LogP contribution in [0, 0.1) is 0 Å². The number of rotatable bonds is 1. The van der Waals surface area contributed by atoms with Crippen molar-refractivity contribution in [1.29, 1.82) is 0 Å². The fourth-order valence-corrected chi connectivity index (χ4v) is 2.27. The van der Waals surface area contributed by atoms with Gasteiger partial charge < -0.3 is 9.84 Å². The summed E-state index contributed by atoms with van der Waals surface area (Å²) >= 11 is 0. The average molecular weight is 180 g/mol. The maximum atomic E-state index is 9.67. The van der Waals surface area contributed by atoms with Crippen LogP contribution in [0.4, 0.5) is 0 Å². The molecule has 0 radical (unpaired) electrons. The van der Waals surface area contributed by atoms with Crippen molar-refractivity contribution in [3.63, 3.8) is 0 Å². The van der Waals surface area contributed by atoms with Crippen LogP contribution in [0.1, 0.15) is 25.7 Å². The summed E-state index contributed by atoms with van der Waals surface area (Å²) in [6.07, 6.45) is 9.32. The third kappa shape index (κ3) is 1.69. The molecule has 0 bridgehead atoms. The Morgan fingerprint density at radius 2 is 2.46 bits per heavy atom. The van der Waals surface area contributed by atoms with Gasteiger partial charge in [0.05, 0.1) is 17.8 Å². The first-order valence-corrected chi connectivity index (χ1v) is 4.90. The lowest BCUT2D eigenvalue weighted by Gasteiger charge is -2.39. The summed E-state index contributed by atoms with van der Waals surface area (Å²) < 4.78 is 5.89. The Balaban J connectivity index is 2.12. The second-order valence-electron chi connectivity index (χ2n) is 3.99. The van der Waals surface area contributed by atoms with Crippen LogP contribution in [0.25, 0.3) is 0 Å². The molecule has 72 valence electrons. The summed E-state index contributed by atoms with van der Waals surface area (Å²) in [5, 5.41) is 9.67. The first-order chi connectivity index (χ1) is 6.24. The van der Waals surface area contributed by atoms with Crippen molar-refractivity contribution in [2.45, 2.75) is 43.5 Å². The molecule has 0 aromatic carbocycles. The summed E-state index contributed by atoms with van der Waals surface area (Å²) in [6, 6.07) is 0. The quantitative estimate of drug-likeness (QED) is 0.623. The molecule has 2 heteroatoms. The van der Waals surface area contributed by atoms with Crippen LogP contribution in [0.5, 0.6) is 0 Å². The third-order valence-corrected chi connectivity index (χ3v) is 2.89. The van der Waals surface area contributed by atoms with E-state index >= 15 is 0 Å². The van der Waals surface area contributed by atoms with Crippen LogP contribution < -0.4 is 0 Å². The predicted molar refractivity (Wildman–Crippen MR) is 51.4 cm³/mol. The molecule has 1 N–H and O–H groups in total. The van der Waals surface area contributed by atoms with E-state index in [1.54, 1.807) is 6.08 Å². The Hall–Kier alpha value is -0.600. The van der Waals surface area contributed by atoms with Gasteiger partial charge in [-0.15, -0.1) is 6.58 Å². The molecule has 2 rings (SSSR count). The van der Waals surface area contributed by atoms with E-state index in [1.165, 1.54) is 0 Å². The lowest BCUT2D eigenvalue weighted by atomic mass is 9.89. The van der Waals surface area contributed by atoms with Crippen molar-refractivity contribution >= 4 is 0 Å². The van der Waals surface area contributed by atoms with Gasteiger partial charge >= 0.3 is 0 Å². The molecule has 1 heterocycles. The van der Waals surface area contributed by atoms with Crippen LogP contribution in [0.2, 0.25) is 0 Å². The van der Waals surface area contributed by atoms with Crippen LogP contribution in [0.3, 0.4) is 0 Å². The molecule has 13 heavy (non-hydrogen) atoms. The maximum absolute atomic E-state index is 9.67. The summed E-state index contributed by atoms with van der Waals surface area (Å²) in [5.74, 6) is 0. The van der Waals surface area contributed by atoms with Crippen molar-refractivity contribution in [2.75, 3.05) is 0 Å². The average Bonchev–Trinajstić information content (AvgIpc) is 2.51. The summed E-state index contributed by atoms with van der Waals surface area (Å²) in [4.78, 5) is 0. The Bertz CT molecular complexity index is 234. The zero-order valence-corrected chi connectivity index (χ0v) is 7.78. The van der Waals surface area contributed by atoms with E-state index in [-0.39, 0.29) is 17.8 Å². The lowest BCUT2D eigenvalue weighted by molar-refractivity contribution is -0.119. The molecule has 0 unspecified atom stereocenters. The largest absolute Gasteiger partial charge is 0.393 e. The minimum absolute atomic E-state index is 0.0199. The second kappa shape index (κ2) is 3.28. The fraction of sp³-hybridized carbons (Fsp3) is 0.636. The minimum Gasteiger partial charge on any atom is -0.393 e. The topological polar surface area (TPSA) is 29.5 Å².